The minimum absolute atomic E-state index is 0.0529. The number of ether oxygens (including phenoxy) is 2. The van der Waals surface area contributed by atoms with Crippen LogP contribution >= 0.6 is 0 Å². The average Bonchev–Trinajstić information content (AvgIpc) is 2.79. The van der Waals surface area contributed by atoms with E-state index in [2.05, 4.69) is 24.1 Å². The molecule has 1 N–H and O–H groups in total. The molecule has 1 amide bonds. The van der Waals surface area contributed by atoms with Crippen molar-refractivity contribution in [1.29, 1.82) is 0 Å². The topological polar surface area (TPSA) is 79.8 Å². The summed E-state index contributed by atoms with van der Waals surface area (Å²) in [5, 5.41) is 3.44. The Morgan fingerprint density at radius 2 is 1.94 bits per heavy atom. The highest BCUT2D eigenvalue weighted by atomic mass is 19.1. The van der Waals surface area contributed by atoms with Crippen molar-refractivity contribution < 1.29 is 18.7 Å². The molecular formula is C24H32FN5O3. The normalized spacial score (nSPS) is 16.5. The summed E-state index contributed by atoms with van der Waals surface area (Å²) in [6, 6.07) is 4.86. The number of halogens is 1. The van der Waals surface area contributed by atoms with Crippen LogP contribution in [0.1, 0.15) is 45.0 Å². The van der Waals surface area contributed by atoms with E-state index in [-0.39, 0.29) is 23.8 Å². The molecule has 0 radical (unpaired) electrons. The van der Waals surface area contributed by atoms with Crippen molar-refractivity contribution in [2.45, 2.75) is 58.7 Å². The molecule has 0 atom stereocenters. The average molecular weight is 458 g/mol. The predicted octanol–water partition coefficient (Wildman–Crippen LogP) is 3.40. The Bertz CT molecular complexity index is 1010. The summed E-state index contributed by atoms with van der Waals surface area (Å²) in [5.41, 5.74) is 1.81. The van der Waals surface area contributed by atoms with E-state index < -0.39 is 5.82 Å². The minimum Gasteiger partial charge on any atom is -0.497 e. The predicted molar refractivity (Wildman–Crippen MR) is 124 cm³/mol. The number of amides is 1. The lowest BCUT2D eigenvalue weighted by atomic mass is 10.1. The van der Waals surface area contributed by atoms with Crippen LogP contribution in [0, 0.1) is 5.82 Å². The molecule has 2 aromatic rings. The maximum atomic E-state index is 14.3. The zero-order valence-corrected chi connectivity index (χ0v) is 19.7. The van der Waals surface area contributed by atoms with Crippen molar-refractivity contribution in [1.82, 2.24) is 14.9 Å². The van der Waals surface area contributed by atoms with Gasteiger partial charge in [0.15, 0.2) is 23.2 Å². The molecule has 3 heterocycles. The van der Waals surface area contributed by atoms with Gasteiger partial charge in [0.05, 0.1) is 25.0 Å². The summed E-state index contributed by atoms with van der Waals surface area (Å²) in [6.45, 7) is 8.34. The van der Waals surface area contributed by atoms with Crippen LogP contribution in [0.3, 0.4) is 0 Å². The molecule has 0 saturated carbocycles. The third-order valence-corrected chi connectivity index (χ3v) is 6.04. The van der Waals surface area contributed by atoms with Gasteiger partial charge in [0.2, 0.25) is 5.91 Å². The van der Waals surface area contributed by atoms with Crippen LogP contribution < -0.4 is 19.7 Å². The van der Waals surface area contributed by atoms with Gasteiger partial charge in [0.1, 0.15) is 11.9 Å². The summed E-state index contributed by atoms with van der Waals surface area (Å²) in [5.74, 6) is 1.93. The highest BCUT2D eigenvalue weighted by Gasteiger charge is 2.28. The Morgan fingerprint density at radius 1 is 1.18 bits per heavy atom. The number of nitrogens with one attached hydrogen (secondary N) is 1. The molecule has 9 heteroatoms. The van der Waals surface area contributed by atoms with Crippen LogP contribution in [0.25, 0.3) is 0 Å². The summed E-state index contributed by atoms with van der Waals surface area (Å²) in [6.07, 6.45) is 2.11. The number of hydrogen-bond acceptors (Lipinski definition) is 7. The number of aromatic nitrogens is 2. The molecule has 1 aromatic carbocycles. The molecule has 1 fully saturated rings. The van der Waals surface area contributed by atoms with Crippen LogP contribution in [0.15, 0.2) is 18.2 Å². The third kappa shape index (κ3) is 5.29. The summed E-state index contributed by atoms with van der Waals surface area (Å²) in [7, 11) is 1.51. The maximum Gasteiger partial charge on any atom is 0.219 e. The number of hydrogen-bond donors (Lipinski definition) is 1. The molecule has 8 nitrogen and oxygen atoms in total. The first-order chi connectivity index (χ1) is 15.8. The Kier molecular flexibility index (Phi) is 6.85. The van der Waals surface area contributed by atoms with Crippen molar-refractivity contribution in [2.24, 2.45) is 0 Å². The van der Waals surface area contributed by atoms with Gasteiger partial charge in [-0.1, -0.05) is 0 Å². The number of anilines is 2. The van der Waals surface area contributed by atoms with Crippen molar-refractivity contribution in [3.05, 3.63) is 35.4 Å². The number of carbonyl (C=O) groups excluding carboxylic acids is 1. The first-order valence-electron chi connectivity index (χ1n) is 11.5. The molecule has 2 aliphatic heterocycles. The van der Waals surface area contributed by atoms with Crippen molar-refractivity contribution in [3.8, 4) is 11.5 Å². The number of piperidine rings is 1. The first kappa shape index (κ1) is 23.1. The highest BCUT2D eigenvalue weighted by Crippen LogP contribution is 2.31. The Hall–Kier alpha value is -3.10. The Morgan fingerprint density at radius 3 is 2.58 bits per heavy atom. The fourth-order valence-corrected chi connectivity index (χ4v) is 4.25. The second-order valence-corrected chi connectivity index (χ2v) is 8.88. The molecule has 1 saturated heterocycles. The number of carbonyl (C=O) groups is 1. The number of benzene rings is 1. The Labute approximate surface area is 194 Å². The molecule has 4 rings (SSSR count). The van der Waals surface area contributed by atoms with Crippen LogP contribution in [0.2, 0.25) is 0 Å². The zero-order valence-electron chi connectivity index (χ0n) is 19.7. The minimum atomic E-state index is -0.421. The third-order valence-electron chi connectivity index (χ3n) is 6.04. The Balaban J connectivity index is 1.48. The van der Waals surface area contributed by atoms with E-state index in [0.717, 1.165) is 49.0 Å². The van der Waals surface area contributed by atoms with E-state index in [1.807, 2.05) is 0 Å². The summed E-state index contributed by atoms with van der Waals surface area (Å²) >= 11 is 0. The molecule has 0 aliphatic carbocycles. The standard InChI is InChI=1S/C24H32FN5O3/c1-15(2)26-23-24(28-21-14-30(16(3)31)12-9-20(21)27-23)29-10-7-17(8-11-29)33-22-6-5-18(32-4)13-19(22)25/h5-6,13,15,17H,7-12,14H2,1-4H3,(H,26,27). The van der Waals surface area contributed by atoms with Gasteiger partial charge in [-0.15, -0.1) is 0 Å². The smallest absolute Gasteiger partial charge is 0.219 e. The number of methoxy groups -OCH3 is 1. The van der Waals surface area contributed by atoms with Crippen LogP contribution in [0.5, 0.6) is 11.5 Å². The molecule has 178 valence electrons. The molecule has 2 aliphatic rings. The van der Waals surface area contributed by atoms with E-state index in [0.29, 0.717) is 25.3 Å². The largest absolute Gasteiger partial charge is 0.497 e. The van der Waals surface area contributed by atoms with Crippen LogP contribution in [-0.2, 0) is 17.8 Å². The van der Waals surface area contributed by atoms with Gasteiger partial charge in [0.25, 0.3) is 0 Å². The molecule has 0 spiro atoms. The monoisotopic (exact) mass is 457 g/mol. The fourth-order valence-electron chi connectivity index (χ4n) is 4.25. The number of fused-ring (bicyclic) bond motifs is 1. The van der Waals surface area contributed by atoms with Gasteiger partial charge in [-0.3, -0.25) is 4.79 Å². The van der Waals surface area contributed by atoms with Crippen molar-refractivity contribution in [3.63, 3.8) is 0 Å². The van der Waals surface area contributed by atoms with E-state index in [9.17, 15) is 9.18 Å². The van der Waals surface area contributed by atoms with Crippen molar-refractivity contribution in [2.75, 3.05) is 37.0 Å². The van der Waals surface area contributed by atoms with Crippen LogP contribution in [-0.4, -0.2) is 59.7 Å². The van der Waals surface area contributed by atoms with Gasteiger partial charge in [-0.25, -0.2) is 14.4 Å². The van der Waals surface area contributed by atoms with Crippen LogP contribution in [0.4, 0.5) is 16.0 Å². The lowest BCUT2D eigenvalue weighted by Gasteiger charge is -2.35. The molecule has 0 unspecified atom stereocenters. The quantitative estimate of drug-likeness (QED) is 0.712. The van der Waals surface area contributed by atoms with E-state index in [1.54, 1.807) is 24.0 Å². The molecule has 0 bridgehead atoms. The van der Waals surface area contributed by atoms with Gasteiger partial charge < -0.3 is 24.6 Å². The van der Waals surface area contributed by atoms with Crippen molar-refractivity contribution >= 4 is 17.5 Å². The van der Waals surface area contributed by atoms with E-state index in [4.69, 9.17) is 19.4 Å². The maximum absolute atomic E-state index is 14.3. The second-order valence-electron chi connectivity index (χ2n) is 8.88. The second kappa shape index (κ2) is 9.80. The number of rotatable bonds is 6. The SMILES string of the molecule is COc1ccc(OC2CCN(c3nc4c(nc3NC(C)C)CCN(C(C)=O)C4)CC2)c(F)c1. The van der Waals surface area contributed by atoms with E-state index in [1.165, 1.54) is 13.2 Å². The molecule has 1 aromatic heterocycles. The molecular weight excluding hydrogens is 425 g/mol. The summed E-state index contributed by atoms with van der Waals surface area (Å²) < 4.78 is 25.3. The zero-order chi connectivity index (χ0) is 23.5. The van der Waals surface area contributed by atoms with Gasteiger partial charge >= 0.3 is 0 Å². The van der Waals surface area contributed by atoms with Gasteiger partial charge in [-0.05, 0) is 26.0 Å². The summed E-state index contributed by atoms with van der Waals surface area (Å²) in [4.78, 5) is 25.7. The first-order valence-corrected chi connectivity index (χ1v) is 11.5. The lowest BCUT2D eigenvalue weighted by molar-refractivity contribution is -0.129. The van der Waals surface area contributed by atoms with Gasteiger partial charge in [0, 0.05) is 57.9 Å². The van der Waals surface area contributed by atoms with E-state index >= 15 is 0 Å². The fraction of sp³-hybridized carbons (Fsp3) is 0.542. The number of nitrogens with zero attached hydrogens (tertiary/aromatic N) is 4. The molecule has 33 heavy (non-hydrogen) atoms. The highest BCUT2D eigenvalue weighted by molar-refractivity contribution is 5.73. The van der Waals surface area contributed by atoms with Gasteiger partial charge in [-0.2, -0.15) is 0 Å². The lowest BCUT2D eigenvalue weighted by Crippen LogP contribution is -2.40.